The van der Waals surface area contributed by atoms with Crippen LogP contribution in [-0.4, -0.2) is 108 Å². The normalized spacial score (nSPS) is 15.6. The van der Waals surface area contributed by atoms with E-state index >= 15 is 0 Å². The number of amides is 2. The van der Waals surface area contributed by atoms with Crippen LogP contribution in [0.4, 0.5) is 23.3 Å². The van der Waals surface area contributed by atoms with Gasteiger partial charge in [0.1, 0.15) is 36.5 Å². The van der Waals surface area contributed by atoms with E-state index in [4.69, 9.17) is 30.4 Å². The van der Waals surface area contributed by atoms with Gasteiger partial charge < -0.3 is 30.4 Å². The number of likely N-dealkylation sites (tertiary alicyclic amines) is 2. The van der Waals surface area contributed by atoms with Gasteiger partial charge in [0.25, 0.3) is 0 Å². The Morgan fingerprint density at radius 2 is 0.871 bits per heavy atom. The molecule has 10 rings (SSSR count). The monoisotopic (exact) mass is 946 g/mol. The van der Waals surface area contributed by atoms with Crippen molar-refractivity contribution in [3.8, 4) is 34.3 Å². The quantitative estimate of drug-likeness (QED) is 0.0850. The zero-order valence-electron chi connectivity index (χ0n) is 40.1. The highest BCUT2D eigenvalue weighted by Gasteiger charge is 2.34. The number of benzene rings is 4. The van der Waals surface area contributed by atoms with Crippen molar-refractivity contribution in [1.82, 2.24) is 29.7 Å². The molecule has 4 aliphatic rings. The molecule has 0 bridgehead atoms. The Morgan fingerprint density at radius 1 is 0.471 bits per heavy atom. The smallest absolute Gasteiger partial charge is 0.320 e. The molecule has 0 saturated carbocycles. The number of rotatable bonds is 18. The van der Waals surface area contributed by atoms with E-state index in [1.807, 2.05) is 0 Å². The summed E-state index contributed by atoms with van der Waals surface area (Å²) in [5.74, 6) is 1.51. The fourth-order valence-corrected chi connectivity index (χ4v) is 9.36. The van der Waals surface area contributed by atoms with Gasteiger partial charge in [-0.15, -0.1) is 0 Å². The molecule has 6 heterocycles. The van der Waals surface area contributed by atoms with E-state index < -0.39 is 0 Å². The number of hydrogen-bond acceptors (Lipinski definition) is 14. The number of nitrogens with two attached hydrogens (primary N) is 2. The van der Waals surface area contributed by atoms with Crippen molar-refractivity contribution in [1.29, 1.82) is 0 Å². The summed E-state index contributed by atoms with van der Waals surface area (Å²) in [7, 11) is 3.19. The minimum absolute atomic E-state index is 0.0475. The number of fused-ring (bicyclic) bond motifs is 2. The Balaban J connectivity index is 0.000000174. The molecule has 0 aliphatic carbocycles. The van der Waals surface area contributed by atoms with Gasteiger partial charge in [0.05, 0.1) is 39.1 Å². The summed E-state index contributed by atoms with van der Waals surface area (Å²) in [6.07, 6.45) is 5.60. The second-order valence-electron chi connectivity index (χ2n) is 18.1. The summed E-state index contributed by atoms with van der Waals surface area (Å²) < 4.78 is 21.1. The van der Waals surface area contributed by atoms with E-state index in [9.17, 15) is 9.59 Å². The van der Waals surface area contributed by atoms with Crippen LogP contribution in [-0.2, 0) is 58.1 Å². The van der Waals surface area contributed by atoms with Crippen molar-refractivity contribution in [2.45, 2.75) is 64.7 Å². The molecule has 0 radical (unpaired) electrons. The first-order valence-electron chi connectivity index (χ1n) is 24.2. The Labute approximate surface area is 409 Å². The molecule has 2 aromatic heterocycles. The number of nitrogen functional groups attached to an aromatic ring is 2. The van der Waals surface area contributed by atoms with Gasteiger partial charge in [-0.05, 0) is 102 Å². The van der Waals surface area contributed by atoms with Crippen LogP contribution in [0.1, 0.15) is 59.1 Å². The van der Waals surface area contributed by atoms with E-state index in [1.54, 1.807) is 24.0 Å². The average molecular weight is 947 g/mol. The molecular formula is C54H62N10O6. The highest BCUT2D eigenvalue weighted by molar-refractivity contribution is 6.02. The Hall–Kier alpha value is -6.98. The van der Waals surface area contributed by atoms with E-state index in [0.717, 1.165) is 35.3 Å². The summed E-state index contributed by atoms with van der Waals surface area (Å²) in [5, 5.41) is 0. The van der Waals surface area contributed by atoms with Crippen molar-refractivity contribution >= 4 is 35.1 Å². The fourth-order valence-electron chi connectivity index (χ4n) is 9.36. The molecule has 0 spiro atoms. The van der Waals surface area contributed by atoms with Crippen molar-refractivity contribution < 1.29 is 28.5 Å². The van der Waals surface area contributed by atoms with Crippen LogP contribution in [0.25, 0.3) is 22.3 Å². The summed E-state index contributed by atoms with van der Waals surface area (Å²) in [4.78, 5) is 51.1. The van der Waals surface area contributed by atoms with Gasteiger partial charge >= 0.3 is 12.0 Å². The van der Waals surface area contributed by atoms with Gasteiger partial charge in [-0.1, -0.05) is 91.0 Å². The Bertz CT molecular complexity index is 2740. The number of ether oxygens (including phenoxy) is 4. The lowest BCUT2D eigenvalue weighted by Gasteiger charge is -2.18. The third kappa shape index (κ3) is 11.7. The summed E-state index contributed by atoms with van der Waals surface area (Å²) in [5.41, 5.74) is 22.9. The van der Waals surface area contributed by atoms with Crippen molar-refractivity contribution in [2.75, 3.05) is 88.1 Å². The number of carbonyl (C=O) groups is 2. The molecule has 4 N–H and O–H groups in total. The van der Waals surface area contributed by atoms with Crippen LogP contribution in [0.5, 0.6) is 12.0 Å². The number of methoxy groups -OCH3 is 2. The predicted molar refractivity (Wildman–Crippen MR) is 270 cm³/mol. The highest BCUT2D eigenvalue weighted by atomic mass is 16.5. The molecule has 16 nitrogen and oxygen atoms in total. The molecule has 364 valence electrons. The molecule has 4 aromatic carbocycles. The molecule has 4 aliphatic heterocycles. The number of anilines is 4. The molecule has 6 aromatic rings. The molecule has 0 atom stereocenters. The van der Waals surface area contributed by atoms with Crippen LogP contribution < -0.4 is 30.7 Å². The third-order valence-corrected chi connectivity index (χ3v) is 13.1. The highest BCUT2D eigenvalue weighted by Crippen LogP contribution is 2.35. The maximum absolute atomic E-state index is 12.8. The second-order valence-corrected chi connectivity index (χ2v) is 18.1. The minimum Gasteiger partial charge on any atom is -0.461 e. The fraction of sp³-hybridized carbons (Fsp3) is 0.370. The van der Waals surface area contributed by atoms with Gasteiger partial charge in [-0.3, -0.25) is 29.2 Å². The molecule has 16 heteroatoms. The van der Waals surface area contributed by atoms with Crippen LogP contribution in [0, 0.1) is 0 Å². The van der Waals surface area contributed by atoms with Gasteiger partial charge in [0.2, 0.25) is 11.8 Å². The summed E-state index contributed by atoms with van der Waals surface area (Å²) in [6.45, 7) is 9.08. The average Bonchev–Trinajstić information content (AvgIpc) is 4.20. The van der Waals surface area contributed by atoms with Crippen LogP contribution in [0.2, 0.25) is 0 Å². The van der Waals surface area contributed by atoms with Gasteiger partial charge in [0.15, 0.2) is 0 Å². The Kier molecular flexibility index (Phi) is 15.5. The maximum Gasteiger partial charge on any atom is 0.320 e. The van der Waals surface area contributed by atoms with Crippen LogP contribution in [0.15, 0.2) is 97.1 Å². The van der Waals surface area contributed by atoms with Crippen LogP contribution in [0.3, 0.4) is 0 Å². The SMILES string of the molecule is COCCOc1nc(N)c2c(n1)N(Cc1ccc(-c3ccc(CN4CCCC4)cc3)cc1)C(=O)C2.COCCOc1nc(N)c2c(n1)N(Cc1ccc(-c3cccc(CN4CCCC4)c3)cc1)C(=O)C2. The lowest BCUT2D eigenvalue weighted by atomic mass is 10.0. The maximum atomic E-state index is 12.8. The van der Waals surface area contributed by atoms with Crippen LogP contribution >= 0.6 is 0 Å². The second kappa shape index (κ2) is 22.6. The number of carbonyl (C=O) groups excluding carboxylic acids is 2. The molecule has 2 saturated heterocycles. The van der Waals surface area contributed by atoms with E-state index in [1.165, 1.54) is 74.1 Å². The topological polar surface area (TPSA) is 188 Å². The van der Waals surface area contributed by atoms with E-state index in [-0.39, 0.29) is 48.3 Å². The number of hydrogen-bond donors (Lipinski definition) is 2. The zero-order chi connectivity index (χ0) is 48.4. The van der Waals surface area contributed by atoms with E-state index in [0.29, 0.717) is 62.3 Å². The van der Waals surface area contributed by atoms with Crippen molar-refractivity contribution in [3.05, 3.63) is 130 Å². The third-order valence-electron chi connectivity index (χ3n) is 13.1. The first kappa shape index (κ1) is 48.1. The van der Waals surface area contributed by atoms with Gasteiger partial charge in [-0.2, -0.15) is 19.9 Å². The van der Waals surface area contributed by atoms with E-state index in [2.05, 4.69) is 127 Å². The molecule has 2 fully saturated rings. The standard InChI is InChI=1S/2C27H31N5O3/c1-34-14-15-35-27-29-25(28)23-16-24(33)32(26(23)30-27)18-20-6-10-22(11-7-20)21-8-4-19(5-9-21)17-31-12-2-3-13-31;1-34-13-14-35-27-29-25(28)23-16-24(33)32(26(23)30-27)18-19-7-9-21(10-8-19)22-6-4-5-20(15-22)17-31-11-2-3-12-31/h4-11H,2-3,12-18H2,1H3,(H2,28,29,30);4-10,15H,2-3,11-14,16-18H2,1H3,(H2,28,29,30). The number of nitrogens with zero attached hydrogens (tertiary/aromatic N) is 8. The summed E-state index contributed by atoms with van der Waals surface area (Å²) >= 11 is 0. The van der Waals surface area contributed by atoms with Gasteiger partial charge in [0, 0.05) is 38.4 Å². The number of aromatic nitrogens is 4. The molecule has 70 heavy (non-hydrogen) atoms. The lowest BCUT2D eigenvalue weighted by molar-refractivity contribution is -0.118. The summed E-state index contributed by atoms with van der Waals surface area (Å²) in [6, 6.07) is 34.5. The lowest BCUT2D eigenvalue weighted by Crippen LogP contribution is -2.26. The zero-order valence-corrected chi connectivity index (χ0v) is 40.1. The van der Waals surface area contributed by atoms with Gasteiger partial charge in [-0.25, -0.2) is 0 Å². The predicted octanol–water partition coefficient (Wildman–Crippen LogP) is 6.87. The first-order valence-corrected chi connectivity index (χ1v) is 24.2. The molecule has 0 unspecified atom stereocenters. The Morgan fingerprint density at radius 3 is 1.30 bits per heavy atom. The largest absolute Gasteiger partial charge is 0.461 e. The molecular weight excluding hydrogens is 885 g/mol. The van der Waals surface area contributed by atoms with Crippen molar-refractivity contribution in [2.24, 2.45) is 0 Å². The van der Waals surface area contributed by atoms with Crippen molar-refractivity contribution in [3.63, 3.8) is 0 Å². The molecule has 2 amide bonds. The minimum atomic E-state index is -0.0484. The first-order chi connectivity index (χ1) is 34.2.